The van der Waals surface area contributed by atoms with Crippen LogP contribution >= 0.6 is 0 Å². The normalized spacial score (nSPS) is 27.1. The van der Waals surface area contributed by atoms with Gasteiger partial charge in [-0.1, -0.05) is 54.4 Å². The quantitative estimate of drug-likeness (QED) is 0.349. The monoisotopic (exact) mass is 677 g/mol. The molecular weight excluding hydrogens is 634 g/mol. The Kier molecular flexibility index (Phi) is 9.56. The maximum atomic E-state index is 14.3. The molecule has 4 N–H and O–H groups in total. The fourth-order valence-corrected chi connectivity index (χ4v) is 6.72. The van der Waals surface area contributed by atoms with Gasteiger partial charge >= 0.3 is 12.2 Å². The number of fused-ring (bicyclic) bond motifs is 3. The highest BCUT2D eigenvalue weighted by molar-refractivity contribution is 6.04. The Morgan fingerprint density at radius 1 is 1.06 bits per heavy atom. The number of aromatic amines is 1. The molecule has 16 nitrogen and oxygen atoms in total. The maximum Gasteiger partial charge on any atom is 0.410 e. The lowest BCUT2D eigenvalue weighted by Gasteiger charge is -2.30. The molecule has 5 amide bonds. The average Bonchev–Trinajstić information content (AvgIpc) is 3.47. The van der Waals surface area contributed by atoms with Crippen LogP contribution in [0.3, 0.4) is 0 Å². The predicted octanol–water partition coefficient (Wildman–Crippen LogP) is 2.55. The van der Waals surface area contributed by atoms with Crippen molar-refractivity contribution < 1.29 is 33.4 Å². The largest absolute Gasteiger partial charge is 0.444 e. The summed E-state index contributed by atoms with van der Waals surface area (Å²) in [5.74, 6) is -1.93. The summed E-state index contributed by atoms with van der Waals surface area (Å²) in [6.45, 7) is 5.90. The minimum absolute atomic E-state index is 0.00626. The Morgan fingerprint density at radius 2 is 1.82 bits per heavy atom. The van der Waals surface area contributed by atoms with Crippen LogP contribution in [0, 0.1) is 5.92 Å². The Labute approximate surface area is 283 Å². The van der Waals surface area contributed by atoms with Crippen molar-refractivity contribution in [2.45, 2.75) is 108 Å². The van der Waals surface area contributed by atoms with Crippen LogP contribution in [0.1, 0.15) is 76.8 Å². The number of carbonyl (C=O) groups excluding carboxylic acids is 5. The second-order valence-electron chi connectivity index (χ2n) is 14.1. The second kappa shape index (κ2) is 13.8. The number of nitrogens with one attached hydrogen (secondary N) is 4. The molecule has 49 heavy (non-hydrogen) atoms. The zero-order valence-electron chi connectivity index (χ0n) is 27.9. The molecule has 4 aliphatic rings. The number of ether oxygens (including phenoxy) is 2. The third-order valence-corrected chi connectivity index (χ3v) is 9.27. The van der Waals surface area contributed by atoms with E-state index in [1.165, 1.54) is 4.90 Å². The lowest BCUT2D eigenvalue weighted by Crippen LogP contribution is -2.57. The van der Waals surface area contributed by atoms with E-state index in [4.69, 9.17) is 9.47 Å². The lowest BCUT2D eigenvalue weighted by molar-refractivity contribution is -0.141. The van der Waals surface area contributed by atoms with Crippen LogP contribution in [0.4, 0.5) is 15.5 Å². The van der Waals surface area contributed by atoms with Gasteiger partial charge in [-0.15, -0.1) is 5.10 Å². The summed E-state index contributed by atoms with van der Waals surface area (Å²) in [7, 11) is 0. The summed E-state index contributed by atoms with van der Waals surface area (Å²) in [6.07, 6.45) is 5.47. The number of aromatic nitrogens is 4. The van der Waals surface area contributed by atoms with Crippen molar-refractivity contribution in [1.82, 2.24) is 41.1 Å². The summed E-state index contributed by atoms with van der Waals surface area (Å²) in [6, 6.07) is 5.67. The van der Waals surface area contributed by atoms with Crippen molar-refractivity contribution >= 4 is 35.9 Å². The van der Waals surface area contributed by atoms with Gasteiger partial charge in [-0.05, 0) is 62.8 Å². The van der Waals surface area contributed by atoms with E-state index in [1.807, 2.05) is 36.4 Å². The van der Waals surface area contributed by atoms with Crippen molar-refractivity contribution in [1.29, 1.82) is 0 Å². The van der Waals surface area contributed by atoms with E-state index >= 15 is 0 Å². The van der Waals surface area contributed by atoms with Gasteiger partial charge in [0.2, 0.25) is 11.8 Å². The van der Waals surface area contributed by atoms with Crippen LogP contribution in [-0.2, 0) is 36.9 Å². The van der Waals surface area contributed by atoms with Gasteiger partial charge in [0.15, 0.2) is 0 Å². The molecule has 1 aromatic heterocycles. The molecule has 262 valence electrons. The first-order valence-electron chi connectivity index (χ1n) is 16.8. The molecule has 5 atom stereocenters. The van der Waals surface area contributed by atoms with Crippen molar-refractivity contribution in [2.24, 2.45) is 5.92 Å². The van der Waals surface area contributed by atoms with E-state index in [-0.39, 0.29) is 24.8 Å². The molecule has 3 aliphatic heterocycles. The number of rotatable bonds is 4. The SMILES string of the molecule is CC(C)(C)OC(=O)N[C@H]1CCCCCC=C[C@@H]2C[C@@]2(C(=O)Nc2nn[nH]n2)NC(=O)[C@@H]2C[C@@H](OC(=O)N3Cc4ccccc4C3)CN2C1=O. The summed E-state index contributed by atoms with van der Waals surface area (Å²) in [5, 5.41) is 21.6. The van der Waals surface area contributed by atoms with Crippen LogP contribution in [0.5, 0.6) is 0 Å². The van der Waals surface area contributed by atoms with Crippen molar-refractivity contribution in [3.05, 3.63) is 47.5 Å². The van der Waals surface area contributed by atoms with Gasteiger partial charge in [0, 0.05) is 25.4 Å². The van der Waals surface area contributed by atoms with Crippen molar-refractivity contribution in [2.75, 3.05) is 11.9 Å². The van der Waals surface area contributed by atoms with Crippen LogP contribution < -0.4 is 16.0 Å². The molecule has 1 aliphatic carbocycles. The number of benzene rings is 1. The Hall–Kier alpha value is -5.02. The Morgan fingerprint density at radius 3 is 2.51 bits per heavy atom. The molecule has 6 rings (SSSR count). The topological polar surface area (TPSA) is 201 Å². The number of tetrazole rings is 1. The number of H-pyrrole nitrogens is 1. The standard InChI is InChI=1S/C33H43N9O7/c1-32(2,3)49-30(46)34-24-14-8-6-4-5-7-13-22-16-33(22,28(45)35-29-37-39-40-38-29)36-26(43)25-15-23(19-42(25)27(24)44)48-31(47)41-17-20-11-9-10-12-21(20)18-41/h7,9-13,22-25H,4-6,8,14-19H2,1-3H3,(H,34,46)(H,36,43)(H2,35,37,38,39,40,45)/t22-,23-,24+,25+,33-/m1/s1. The van der Waals surface area contributed by atoms with E-state index in [0.717, 1.165) is 30.4 Å². The van der Waals surface area contributed by atoms with Crippen LogP contribution in [-0.4, -0.2) is 96.2 Å². The fraction of sp³-hybridized carbons (Fsp3) is 0.576. The Bertz CT molecular complexity index is 1580. The molecule has 16 heteroatoms. The minimum atomic E-state index is -1.31. The van der Waals surface area contributed by atoms with E-state index in [1.54, 1.807) is 25.7 Å². The molecule has 0 spiro atoms. The number of nitrogens with zero attached hydrogens (tertiary/aromatic N) is 5. The van der Waals surface area contributed by atoms with Gasteiger partial charge in [0.1, 0.15) is 29.3 Å². The second-order valence-corrected chi connectivity index (χ2v) is 14.1. The summed E-state index contributed by atoms with van der Waals surface area (Å²) >= 11 is 0. The number of anilines is 1. The number of alkyl carbamates (subject to hydrolysis) is 1. The molecular formula is C33H43N9O7. The molecule has 1 aromatic carbocycles. The number of amides is 5. The van der Waals surface area contributed by atoms with Crippen molar-refractivity contribution in [3.63, 3.8) is 0 Å². The number of carbonyl (C=O) groups is 5. The van der Waals surface area contributed by atoms with Gasteiger partial charge in [0.25, 0.3) is 11.9 Å². The van der Waals surface area contributed by atoms with Gasteiger partial charge < -0.3 is 25.0 Å². The highest BCUT2D eigenvalue weighted by atomic mass is 16.6. The zero-order chi connectivity index (χ0) is 34.8. The summed E-state index contributed by atoms with van der Waals surface area (Å²) in [4.78, 5) is 71.1. The predicted molar refractivity (Wildman–Crippen MR) is 173 cm³/mol. The molecule has 4 heterocycles. The molecule has 2 fully saturated rings. The van der Waals surface area contributed by atoms with E-state index in [2.05, 4.69) is 36.6 Å². The van der Waals surface area contributed by atoms with Crippen LogP contribution in [0.25, 0.3) is 0 Å². The molecule has 2 aromatic rings. The lowest BCUT2D eigenvalue weighted by atomic mass is 10.0. The van der Waals surface area contributed by atoms with Crippen LogP contribution in [0.15, 0.2) is 36.4 Å². The maximum absolute atomic E-state index is 14.3. The highest BCUT2D eigenvalue weighted by Crippen LogP contribution is 2.46. The van der Waals surface area contributed by atoms with E-state index in [0.29, 0.717) is 32.4 Å². The third-order valence-electron chi connectivity index (χ3n) is 9.27. The fourth-order valence-electron chi connectivity index (χ4n) is 6.72. The number of hydrogen-bond acceptors (Lipinski definition) is 10. The summed E-state index contributed by atoms with van der Waals surface area (Å²) < 4.78 is 11.4. The smallest absolute Gasteiger partial charge is 0.410 e. The van der Waals surface area contributed by atoms with Crippen molar-refractivity contribution in [3.8, 4) is 0 Å². The van der Waals surface area contributed by atoms with E-state index < -0.39 is 59.2 Å². The first kappa shape index (κ1) is 33.9. The van der Waals surface area contributed by atoms with Gasteiger partial charge in [0.05, 0.1) is 6.54 Å². The van der Waals surface area contributed by atoms with Gasteiger partial charge in [-0.3, -0.25) is 24.6 Å². The number of hydrogen-bond donors (Lipinski definition) is 4. The van der Waals surface area contributed by atoms with Crippen LogP contribution in [0.2, 0.25) is 0 Å². The number of allylic oxidation sites excluding steroid dienone is 1. The average molecular weight is 678 g/mol. The molecule has 1 saturated heterocycles. The molecule has 0 radical (unpaired) electrons. The van der Waals surface area contributed by atoms with E-state index in [9.17, 15) is 24.0 Å². The first-order chi connectivity index (χ1) is 23.4. The summed E-state index contributed by atoms with van der Waals surface area (Å²) in [5.41, 5.74) is -0.0443. The highest BCUT2D eigenvalue weighted by Gasteiger charge is 2.61. The molecule has 0 unspecified atom stereocenters. The van der Waals surface area contributed by atoms with Gasteiger partial charge in [-0.2, -0.15) is 5.21 Å². The molecule has 0 bridgehead atoms. The minimum Gasteiger partial charge on any atom is -0.444 e. The third kappa shape index (κ3) is 7.84. The van der Waals surface area contributed by atoms with Gasteiger partial charge in [-0.25, -0.2) is 9.59 Å². The zero-order valence-corrected chi connectivity index (χ0v) is 27.9. The first-order valence-corrected chi connectivity index (χ1v) is 16.8. The Balaban J connectivity index is 1.24. The molecule has 1 saturated carbocycles.